The first kappa shape index (κ1) is 15.0. The van der Waals surface area contributed by atoms with E-state index in [0.717, 1.165) is 5.56 Å². The molecule has 6 nitrogen and oxygen atoms in total. The van der Waals surface area contributed by atoms with Crippen LogP contribution in [0.4, 0.5) is 0 Å². The number of fused-ring (bicyclic) bond motifs is 1. The van der Waals surface area contributed by atoms with Crippen LogP contribution in [0.5, 0.6) is 0 Å². The molecule has 0 unspecified atom stereocenters. The maximum absolute atomic E-state index is 12.9. The summed E-state index contributed by atoms with van der Waals surface area (Å²) in [5.41, 5.74) is 0.766. The highest BCUT2D eigenvalue weighted by molar-refractivity contribution is 5.73. The van der Waals surface area contributed by atoms with Crippen LogP contribution in [0.3, 0.4) is 0 Å². The van der Waals surface area contributed by atoms with Crippen molar-refractivity contribution in [1.29, 1.82) is 5.26 Å². The van der Waals surface area contributed by atoms with Gasteiger partial charge in [-0.1, -0.05) is 30.3 Å². The number of rotatable bonds is 2. The van der Waals surface area contributed by atoms with Gasteiger partial charge in [0.25, 0.3) is 5.56 Å². The zero-order valence-corrected chi connectivity index (χ0v) is 13.1. The van der Waals surface area contributed by atoms with Crippen molar-refractivity contribution in [2.24, 2.45) is 0 Å². The van der Waals surface area contributed by atoms with Crippen LogP contribution in [0.25, 0.3) is 16.8 Å². The summed E-state index contributed by atoms with van der Waals surface area (Å²) in [6.45, 7) is 4.86. The lowest BCUT2D eigenvalue weighted by Gasteiger charge is -2.11. The topological polar surface area (TPSA) is 94.2 Å². The van der Waals surface area contributed by atoms with Gasteiger partial charge in [-0.25, -0.2) is 4.98 Å². The molecule has 0 saturated heterocycles. The van der Waals surface area contributed by atoms with Gasteiger partial charge in [-0.05, 0) is 31.9 Å². The standard InChI is InChI=1S/C17H16N4O2/c1-10-12(9-18)14-19-16(17(2,3)23)20-21(14)15(22)13(10)11-7-5-4-6-8-11/h4-8,23H,1-3H3,(H,19,20). The zero-order chi connectivity index (χ0) is 16.8. The zero-order valence-electron chi connectivity index (χ0n) is 13.1. The van der Waals surface area contributed by atoms with E-state index >= 15 is 0 Å². The number of hydrogen-bond donors (Lipinski definition) is 2. The summed E-state index contributed by atoms with van der Waals surface area (Å²) in [5, 5.41) is 22.4. The lowest BCUT2D eigenvalue weighted by Crippen LogP contribution is -2.21. The number of nitriles is 1. The molecule has 1 aromatic carbocycles. The SMILES string of the molecule is Cc1c(-c2ccccc2)c(=O)n2[nH]c(C(C)(C)O)nc2c1C#N. The number of nitrogens with zero attached hydrogens (tertiary/aromatic N) is 3. The summed E-state index contributed by atoms with van der Waals surface area (Å²) in [6, 6.07) is 11.3. The van der Waals surface area contributed by atoms with Crippen molar-refractivity contribution in [3.63, 3.8) is 0 Å². The highest BCUT2D eigenvalue weighted by Crippen LogP contribution is 2.25. The number of hydrogen-bond acceptors (Lipinski definition) is 4. The van der Waals surface area contributed by atoms with E-state index in [9.17, 15) is 15.2 Å². The molecular weight excluding hydrogens is 292 g/mol. The van der Waals surface area contributed by atoms with Crippen molar-refractivity contribution in [2.45, 2.75) is 26.4 Å². The fraction of sp³-hybridized carbons (Fsp3) is 0.235. The predicted octanol–water partition coefficient (Wildman–Crippen LogP) is 2.10. The quantitative estimate of drug-likeness (QED) is 0.758. The molecule has 0 aliphatic heterocycles. The smallest absolute Gasteiger partial charge is 0.279 e. The molecule has 0 aliphatic rings. The Morgan fingerprint density at radius 2 is 1.96 bits per heavy atom. The first-order valence-corrected chi connectivity index (χ1v) is 7.18. The van der Waals surface area contributed by atoms with Gasteiger partial charge in [0.05, 0.1) is 5.56 Å². The molecule has 0 fully saturated rings. The van der Waals surface area contributed by atoms with Gasteiger partial charge in [0, 0.05) is 0 Å². The summed E-state index contributed by atoms with van der Waals surface area (Å²) in [5.74, 6) is 0.232. The van der Waals surface area contributed by atoms with E-state index in [2.05, 4.69) is 16.2 Å². The predicted molar refractivity (Wildman–Crippen MR) is 85.9 cm³/mol. The number of aliphatic hydroxyl groups is 1. The van der Waals surface area contributed by atoms with Crippen LogP contribution in [-0.4, -0.2) is 19.7 Å². The Morgan fingerprint density at radius 3 is 2.52 bits per heavy atom. The van der Waals surface area contributed by atoms with Gasteiger partial charge in [0.1, 0.15) is 17.2 Å². The van der Waals surface area contributed by atoms with E-state index in [1.165, 1.54) is 4.52 Å². The Labute approximate surface area is 132 Å². The monoisotopic (exact) mass is 308 g/mol. The molecule has 6 heteroatoms. The third kappa shape index (κ3) is 2.31. The van der Waals surface area contributed by atoms with E-state index in [1.807, 2.05) is 30.3 Å². The van der Waals surface area contributed by atoms with Crippen LogP contribution in [0, 0.1) is 18.3 Å². The molecule has 0 amide bonds. The largest absolute Gasteiger partial charge is 0.382 e. The average Bonchev–Trinajstić information content (AvgIpc) is 2.94. The third-order valence-corrected chi connectivity index (χ3v) is 3.79. The number of H-pyrrole nitrogens is 1. The van der Waals surface area contributed by atoms with E-state index in [0.29, 0.717) is 16.7 Å². The molecule has 0 radical (unpaired) electrons. The minimum absolute atomic E-state index is 0.229. The fourth-order valence-corrected chi connectivity index (χ4v) is 2.57. The molecule has 23 heavy (non-hydrogen) atoms. The number of benzene rings is 1. The summed E-state index contributed by atoms with van der Waals surface area (Å²) in [4.78, 5) is 17.1. The van der Waals surface area contributed by atoms with Crippen molar-refractivity contribution in [1.82, 2.24) is 14.6 Å². The first-order valence-electron chi connectivity index (χ1n) is 7.18. The third-order valence-electron chi connectivity index (χ3n) is 3.79. The molecule has 3 aromatic rings. The number of aromatic amines is 1. The Morgan fingerprint density at radius 1 is 1.30 bits per heavy atom. The molecule has 0 bridgehead atoms. The van der Waals surface area contributed by atoms with Gasteiger partial charge in [-0.3, -0.25) is 9.89 Å². The second-order valence-corrected chi connectivity index (χ2v) is 5.95. The maximum Gasteiger partial charge on any atom is 0.279 e. The van der Waals surface area contributed by atoms with Crippen molar-refractivity contribution < 1.29 is 5.11 Å². The van der Waals surface area contributed by atoms with E-state index < -0.39 is 5.60 Å². The summed E-state index contributed by atoms with van der Waals surface area (Å²) in [6.07, 6.45) is 0. The Bertz CT molecular complexity index is 986. The Hall–Kier alpha value is -2.91. The molecule has 3 rings (SSSR count). The molecule has 2 N–H and O–H groups in total. The molecule has 2 heterocycles. The van der Waals surface area contributed by atoms with Gasteiger partial charge >= 0.3 is 0 Å². The van der Waals surface area contributed by atoms with Crippen LogP contribution in [0.1, 0.15) is 30.8 Å². The van der Waals surface area contributed by atoms with Crippen LogP contribution in [-0.2, 0) is 5.60 Å². The molecule has 0 spiro atoms. The van der Waals surface area contributed by atoms with E-state index in [4.69, 9.17) is 0 Å². The minimum Gasteiger partial charge on any atom is -0.382 e. The van der Waals surface area contributed by atoms with Gasteiger partial charge in [0.15, 0.2) is 11.5 Å². The first-order chi connectivity index (χ1) is 10.8. The normalized spacial score (nSPS) is 11.6. The number of nitrogens with one attached hydrogen (secondary N) is 1. The van der Waals surface area contributed by atoms with E-state index in [-0.39, 0.29) is 17.0 Å². The van der Waals surface area contributed by atoms with Gasteiger partial charge < -0.3 is 5.11 Å². The molecule has 0 aliphatic carbocycles. The molecule has 116 valence electrons. The highest BCUT2D eigenvalue weighted by Gasteiger charge is 2.25. The second-order valence-electron chi connectivity index (χ2n) is 5.95. The van der Waals surface area contributed by atoms with Crippen LogP contribution < -0.4 is 5.56 Å². The Kier molecular flexibility index (Phi) is 3.31. The summed E-state index contributed by atoms with van der Waals surface area (Å²) >= 11 is 0. The lowest BCUT2D eigenvalue weighted by atomic mass is 9.99. The minimum atomic E-state index is -1.24. The van der Waals surface area contributed by atoms with Gasteiger partial charge in [0.2, 0.25) is 0 Å². The average molecular weight is 308 g/mol. The van der Waals surface area contributed by atoms with Crippen molar-refractivity contribution >= 4 is 5.65 Å². The lowest BCUT2D eigenvalue weighted by molar-refractivity contribution is 0.0690. The molecule has 2 aromatic heterocycles. The van der Waals surface area contributed by atoms with E-state index in [1.54, 1.807) is 20.8 Å². The van der Waals surface area contributed by atoms with Crippen LogP contribution >= 0.6 is 0 Å². The van der Waals surface area contributed by atoms with Gasteiger partial charge in [-0.15, -0.1) is 0 Å². The summed E-state index contributed by atoms with van der Waals surface area (Å²) < 4.78 is 1.22. The second kappa shape index (κ2) is 5.07. The molecule has 0 saturated carbocycles. The van der Waals surface area contributed by atoms with Crippen LogP contribution in [0.15, 0.2) is 35.1 Å². The maximum atomic E-state index is 12.9. The number of aromatic nitrogens is 3. The molecule has 0 atom stereocenters. The highest BCUT2D eigenvalue weighted by atomic mass is 16.3. The van der Waals surface area contributed by atoms with Gasteiger partial charge in [-0.2, -0.15) is 9.78 Å². The van der Waals surface area contributed by atoms with Crippen molar-refractivity contribution in [3.8, 4) is 17.2 Å². The van der Waals surface area contributed by atoms with Crippen molar-refractivity contribution in [3.05, 3.63) is 57.6 Å². The fourth-order valence-electron chi connectivity index (χ4n) is 2.57. The van der Waals surface area contributed by atoms with Crippen LogP contribution in [0.2, 0.25) is 0 Å². The molecular formula is C17H16N4O2. The Balaban J connectivity index is 2.45. The van der Waals surface area contributed by atoms with Crippen molar-refractivity contribution in [2.75, 3.05) is 0 Å². The number of pyridine rings is 1. The summed E-state index contributed by atoms with van der Waals surface area (Å²) in [7, 11) is 0.